The number of Topliss-reactive ketones (excluding diaryl/α,β-unsaturated/α-hetero) is 4. The highest BCUT2D eigenvalue weighted by Gasteiger charge is 2.31. The fraction of sp³-hybridized carbons (Fsp3) is 0.633. The second-order valence-electron chi connectivity index (χ2n) is 32.3. The highest BCUT2D eigenvalue weighted by atomic mass is 79.9. The van der Waals surface area contributed by atoms with Gasteiger partial charge in [-0.2, -0.15) is 0 Å². The number of aliphatic hydroxyl groups is 6. The molecule has 0 radical (unpaired) electrons. The molecule has 2 heterocycles. The van der Waals surface area contributed by atoms with Gasteiger partial charge in [-0.3, -0.25) is 33.5 Å². The van der Waals surface area contributed by atoms with Gasteiger partial charge in [-0.15, -0.1) is 0 Å². The number of nitrogens with zero attached hydrogens (tertiary/aromatic N) is 4. The number of quaternary nitrogens is 2. The number of carbonyl (C=O) groups is 4. The van der Waals surface area contributed by atoms with Crippen LogP contribution >= 0.6 is 47.8 Å². The number of nitrogens with one attached hydrogen (secondary N) is 2. The smallest absolute Gasteiger partial charge is 0.190 e. The lowest BCUT2D eigenvalue weighted by Gasteiger charge is -2.38. The maximum absolute atomic E-state index is 13.0. The average Bonchev–Trinajstić information content (AvgIpc) is 0.907. The van der Waals surface area contributed by atoms with Crippen molar-refractivity contribution in [3.05, 3.63) is 183 Å². The van der Waals surface area contributed by atoms with E-state index in [-0.39, 0.29) is 97.1 Å². The SMILES string of the molecule is BrCCCCCCBr.C/C=C/C=C\C(C)=C\CC(=O)C[N+](CCO)(CCCCO)CCCCCCBr.C=C(Nc1c(C)cccc1C)C1CCCCN1CCCCCC[N+](CO)(CCCCO)CC(=O)C/C=C(C)/C=C\C=C\C.Cc1cccc(C)c1CC(=O)C1CCCCN1.Cc1cccc(C)c1CC(=O)CN(CCO)CCCCO.[Br-].[Br-]. The minimum atomic E-state index is -0.0357. The Labute approximate surface area is 769 Å². The summed E-state index contributed by atoms with van der Waals surface area (Å²) < 4.78 is 1.04. The number of carbonyl (C=O) groups excluding carboxylic acids is 4. The number of halogens is 5. The third-order valence-electron chi connectivity index (χ3n) is 22.2. The first-order chi connectivity index (χ1) is 56.5. The summed E-state index contributed by atoms with van der Waals surface area (Å²) in [6.07, 6.45) is 47.7. The Morgan fingerprint density at radius 1 is 0.504 bits per heavy atom. The molecule has 2 aliphatic heterocycles. The molecule has 3 aromatic carbocycles. The van der Waals surface area contributed by atoms with Gasteiger partial charge in [0.15, 0.2) is 29.9 Å². The summed E-state index contributed by atoms with van der Waals surface area (Å²) >= 11 is 10.2. The van der Waals surface area contributed by atoms with E-state index in [2.05, 4.69) is 134 Å². The summed E-state index contributed by atoms with van der Waals surface area (Å²) in [4.78, 5) is 54.7. The van der Waals surface area contributed by atoms with Crippen LogP contribution in [0.2, 0.25) is 0 Å². The quantitative estimate of drug-likeness (QED) is 0.00867. The Hall–Kier alpha value is -3.72. The number of anilines is 1. The van der Waals surface area contributed by atoms with E-state index in [4.69, 9.17) is 15.3 Å². The molecule has 5 rings (SSSR count). The van der Waals surface area contributed by atoms with Crippen molar-refractivity contribution in [2.45, 2.75) is 261 Å². The summed E-state index contributed by atoms with van der Waals surface area (Å²) in [6, 6.07) is 19.1. The molecule has 678 valence electrons. The predicted octanol–water partition coefficient (Wildman–Crippen LogP) is 13.2. The molecular formula is C98H161Br5N6O10. The maximum Gasteiger partial charge on any atom is 0.190 e. The lowest BCUT2D eigenvalue weighted by Crippen LogP contribution is -3.00. The number of unbranched alkanes of at least 4 members (excludes halogenated alkanes) is 12. The van der Waals surface area contributed by atoms with Crippen LogP contribution in [0, 0.1) is 41.5 Å². The summed E-state index contributed by atoms with van der Waals surface area (Å²) in [5, 5.41) is 66.8. The topological polar surface area (TPSA) is 220 Å². The van der Waals surface area contributed by atoms with Gasteiger partial charge >= 0.3 is 0 Å². The summed E-state index contributed by atoms with van der Waals surface area (Å²) in [5.41, 5.74) is 14.0. The van der Waals surface area contributed by atoms with Crippen LogP contribution < -0.4 is 44.6 Å². The molecular weight excluding hydrogens is 1820 g/mol. The van der Waals surface area contributed by atoms with E-state index in [9.17, 15) is 34.5 Å². The molecule has 4 atom stereocenters. The number of para-hydroxylation sites is 1. The van der Waals surface area contributed by atoms with Gasteiger partial charge in [-0.1, -0.05) is 219 Å². The van der Waals surface area contributed by atoms with Crippen molar-refractivity contribution in [2.75, 3.05) is 146 Å². The van der Waals surface area contributed by atoms with E-state index in [1.165, 1.54) is 97.7 Å². The van der Waals surface area contributed by atoms with Gasteiger partial charge in [-0.05, 0) is 255 Å². The van der Waals surface area contributed by atoms with Crippen molar-refractivity contribution in [1.82, 2.24) is 15.1 Å². The largest absolute Gasteiger partial charge is 1.00 e. The number of hydrogen-bond donors (Lipinski definition) is 8. The maximum atomic E-state index is 13.0. The Bertz CT molecular complexity index is 3290. The van der Waals surface area contributed by atoms with E-state index in [1.807, 2.05) is 125 Å². The number of aliphatic hydroxyl groups excluding tert-OH is 6. The van der Waals surface area contributed by atoms with Crippen LogP contribution in [-0.2, 0) is 32.0 Å². The zero-order chi connectivity index (χ0) is 86.8. The molecule has 2 fully saturated rings. The third kappa shape index (κ3) is 55.4. The molecule has 2 aliphatic rings. The van der Waals surface area contributed by atoms with Crippen molar-refractivity contribution in [1.29, 1.82) is 0 Å². The van der Waals surface area contributed by atoms with Gasteiger partial charge in [0.25, 0.3) is 0 Å². The second-order valence-corrected chi connectivity index (χ2v) is 34.7. The lowest BCUT2D eigenvalue weighted by atomic mass is 9.92. The van der Waals surface area contributed by atoms with Gasteiger partial charge in [0, 0.05) is 85.5 Å². The van der Waals surface area contributed by atoms with Crippen LogP contribution in [0.25, 0.3) is 0 Å². The first-order valence-electron chi connectivity index (χ1n) is 44.3. The van der Waals surface area contributed by atoms with E-state index in [1.54, 1.807) is 0 Å². The minimum Gasteiger partial charge on any atom is -1.00 e. The number of alkyl halides is 3. The van der Waals surface area contributed by atoms with Crippen LogP contribution in [0.5, 0.6) is 0 Å². The van der Waals surface area contributed by atoms with Crippen molar-refractivity contribution in [3.8, 4) is 0 Å². The van der Waals surface area contributed by atoms with Gasteiger partial charge in [0.1, 0.15) is 19.6 Å². The predicted molar refractivity (Wildman–Crippen MR) is 505 cm³/mol. The van der Waals surface area contributed by atoms with Crippen LogP contribution in [0.15, 0.2) is 139 Å². The molecule has 4 unspecified atom stereocenters. The normalized spacial score (nSPS) is 15.5. The molecule has 0 amide bonds. The summed E-state index contributed by atoms with van der Waals surface area (Å²) in [6.45, 7) is 35.0. The Morgan fingerprint density at radius 3 is 1.39 bits per heavy atom. The molecule has 119 heavy (non-hydrogen) atoms. The van der Waals surface area contributed by atoms with Crippen LogP contribution in [0.4, 0.5) is 5.69 Å². The highest BCUT2D eigenvalue weighted by molar-refractivity contribution is 9.09. The van der Waals surface area contributed by atoms with E-state index in [0.717, 1.165) is 185 Å². The van der Waals surface area contributed by atoms with Crippen LogP contribution in [0.1, 0.15) is 239 Å². The fourth-order valence-corrected chi connectivity index (χ4v) is 16.3. The van der Waals surface area contributed by atoms with Gasteiger partial charge in [0.05, 0.1) is 52.0 Å². The molecule has 21 heteroatoms. The Morgan fingerprint density at radius 2 is 0.941 bits per heavy atom. The molecule has 3 aromatic rings. The van der Waals surface area contributed by atoms with E-state index in [0.29, 0.717) is 85.6 Å². The van der Waals surface area contributed by atoms with Crippen LogP contribution in [0.3, 0.4) is 0 Å². The van der Waals surface area contributed by atoms with Crippen molar-refractivity contribution < 1.29 is 92.7 Å². The molecule has 0 spiro atoms. The number of piperidine rings is 2. The first kappa shape index (κ1) is 117. The van der Waals surface area contributed by atoms with E-state index < -0.39 is 0 Å². The zero-order valence-corrected chi connectivity index (χ0v) is 83.1. The number of allylic oxidation sites excluding steroid dienone is 12. The molecule has 0 aromatic heterocycles. The molecule has 2 saturated heterocycles. The Balaban J connectivity index is 0. The summed E-state index contributed by atoms with van der Waals surface area (Å²) in [5.74, 6) is 0.895. The standard InChI is InChI=1S/C37H60N3O3.C23H41BrNO3.C17H27NO3.C15H21NO.C6H12Br2.2BrH/c1-6-7-10-18-31(2)22-23-35(43)29-40(30-42,27-15-16-28-41)26-14-9-8-12-24-39-25-13-11-21-36(39)34(5)38-37-32(3)19-17-20-33(37)4;1-3-4-7-12-22(2)13-14-23(28)21-25(18-20-27,17-10-11-19-26)16-9-6-5-8-15-24;1-14-6-5-7-15(2)17(14)12-16(21)13-18(9-11-20)8-3-4-10-19;1-11-6-5-7-12(2)13(11)10-15(17)14-8-3-4-9-16-14;7-5-3-1-2-4-6-8;;/h6-7,10,17-20,22,36,38,41-42H,5,8-9,11-16,21,23-30H2,1-4H3;3-4,7,12-13,26-27H,5-6,8-11,14-21H2,1-2H3;5-7,19-20H,3-4,8-13H2,1-2H3;5-7,14,16H,3-4,8-10H2,1-2H3;1-6H2;2*1H/q2*+1;;;;;/p-2/b7-6+,18-10-,31-22+;4-3+,12-7-,22-13+;;;;;. The minimum absolute atomic E-state index is 0. The van der Waals surface area contributed by atoms with Crippen molar-refractivity contribution >= 4 is 76.6 Å². The molecule has 16 nitrogen and oxygen atoms in total. The van der Waals surface area contributed by atoms with Gasteiger partial charge in [0.2, 0.25) is 0 Å². The monoisotopic (exact) mass is 1980 g/mol. The van der Waals surface area contributed by atoms with Gasteiger partial charge in [-0.25, -0.2) is 0 Å². The third-order valence-corrected chi connectivity index (χ3v) is 23.8. The zero-order valence-electron chi connectivity index (χ0n) is 75.2. The molecule has 8 N–H and O–H groups in total. The number of hydrogen-bond acceptors (Lipinski definition) is 14. The molecule has 0 aliphatic carbocycles. The fourth-order valence-electron chi connectivity index (χ4n) is 15.1. The Kier molecular flexibility index (Phi) is 74.5. The second kappa shape index (κ2) is 75.6. The number of benzene rings is 3. The summed E-state index contributed by atoms with van der Waals surface area (Å²) in [7, 11) is 0. The number of ketones is 4. The number of aryl methyl sites for hydroxylation is 6. The average molecular weight is 1980 g/mol. The van der Waals surface area contributed by atoms with E-state index >= 15 is 0 Å². The molecule has 0 bridgehead atoms. The van der Waals surface area contributed by atoms with Gasteiger partial charge < -0.3 is 79.7 Å². The number of rotatable bonds is 57. The highest BCUT2D eigenvalue weighted by Crippen LogP contribution is 2.29. The van der Waals surface area contributed by atoms with Crippen LogP contribution in [-0.4, -0.2) is 225 Å². The number of likely N-dealkylation sites (tertiary alicyclic amines) is 1. The lowest BCUT2D eigenvalue weighted by molar-refractivity contribution is -0.938. The molecule has 0 saturated carbocycles. The first-order valence-corrected chi connectivity index (χ1v) is 47.7. The van der Waals surface area contributed by atoms with Crippen molar-refractivity contribution in [3.63, 3.8) is 0 Å². The van der Waals surface area contributed by atoms with Crippen molar-refractivity contribution in [2.24, 2.45) is 0 Å².